The highest BCUT2D eigenvalue weighted by molar-refractivity contribution is 5.76. The lowest BCUT2D eigenvalue weighted by atomic mass is 10.1. The molecule has 0 bridgehead atoms. The number of nitrogens with zero attached hydrogens (tertiary/aromatic N) is 3. The fourth-order valence-corrected chi connectivity index (χ4v) is 3.13. The molecule has 0 aliphatic carbocycles. The van der Waals surface area contributed by atoms with Crippen LogP contribution in [0.5, 0.6) is 0 Å². The predicted molar refractivity (Wildman–Crippen MR) is 95.4 cm³/mol. The molecular weight excluding hydrogens is 318 g/mol. The summed E-state index contributed by atoms with van der Waals surface area (Å²) in [6.07, 6.45) is 8.78. The molecule has 1 aliphatic rings. The van der Waals surface area contributed by atoms with E-state index in [1.54, 1.807) is 12.4 Å². The van der Waals surface area contributed by atoms with Gasteiger partial charge in [-0.15, -0.1) is 0 Å². The van der Waals surface area contributed by atoms with Crippen molar-refractivity contribution in [3.8, 4) is 0 Å². The van der Waals surface area contributed by atoms with E-state index in [1.165, 1.54) is 6.20 Å². The molecule has 3 heterocycles. The van der Waals surface area contributed by atoms with Gasteiger partial charge in [-0.2, -0.15) is 0 Å². The Balaban J connectivity index is 1.46. The van der Waals surface area contributed by atoms with Crippen molar-refractivity contribution in [3.05, 3.63) is 52.8 Å². The highest BCUT2D eigenvalue weighted by Crippen LogP contribution is 2.14. The smallest absolute Gasteiger partial charge is 0.290 e. The molecule has 25 heavy (non-hydrogen) atoms. The molecule has 0 unspecified atom stereocenters. The van der Waals surface area contributed by atoms with Crippen LogP contribution in [-0.4, -0.2) is 40.0 Å². The Bertz CT molecular complexity index is 746. The molecular formula is C18H23N5O2. The molecule has 1 aliphatic heterocycles. The molecule has 3 rings (SSSR count). The monoisotopic (exact) mass is 341 g/mol. The average molecular weight is 341 g/mol. The number of pyridine rings is 1. The third-order valence-electron chi connectivity index (χ3n) is 4.34. The average Bonchev–Trinajstić information content (AvgIpc) is 2.63. The van der Waals surface area contributed by atoms with Gasteiger partial charge in [0.05, 0.1) is 0 Å². The summed E-state index contributed by atoms with van der Waals surface area (Å²) in [7, 11) is 0. The molecule has 132 valence electrons. The number of rotatable bonds is 6. The van der Waals surface area contributed by atoms with Gasteiger partial charge in [0.25, 0.3) is 5.56 Å². The molecule has 0 radical (unpaired) electrons. The third-order valence-corrected chi connectivity index (χ3v) is 4.34. The second kappa shape index (κ2) is 8.41. The first-order valence-corrected chi connectivity index (χ1v) is 8.70. The van der Waals surface area contributed by atoms with Crippen LogP contribution in [0.15, 0.2) is 41.6 Å². The first-order chi connectivity index (χ1) is 12.2. The van der Waals surface area contributed by atoms with Crippen LogP contribution in [0.1, 0.15) is 31.4 Å². The van der Waals surface area contributed by atoms with E-state index >= 15 is 0 Å². The Morgan fingerprint density at radius 1 is 1.32 bits per heavy atom. The van der Waals surface area contributed by atoms with Crippen molar-refractivity contribution in [1.82, 2.24) is 20.3 Å². The summed E-state index contributed by atoms with van der Waals surface area (Å²) in [5.41, 5.74) is 0.818. The number of H-pyrrole nitrogens is 1. The standard InChI is InChI=1S/C18H23N5O2/c24-16(8-3-6-14-5-1-2-9-19-14)22-15-7-4-12-23(13-15)17-18(25)21-11-10-20-17/h1-2,5,9-11,15H,3-4,6-8,12-13H2,(H,21,25)(H,22,24)/t15-/m1/s1. The van der Waals surface area contributed by atoms with Crippen molar-refractivity contribution in [1.29, 1.82) is 0 Å². The SMILES string of the molecule is O=C(CCCc1ccccn1)N[C@@H]1CCCN(c2ncc[nH]c2=O)C1. The minimum Gasteiger partial charge on any atom is -0.352 e. The molecule has 0 saturated carbocycles. The van der Waals surface area contributed by atoms with Gasteiger partial charge in [0.15, 0.2) is 5.82 Å². The lowest BCUT2D eigenvalue weighted by Crippen LogP contribution is -2.49. The van der Waals surface area contributed by atoms with Crippen LogP contribution in [0.3, 0.4) is 0 Å². The molecule has 0 spiro atoms. The minimum absolute atomic E-state index is 0.0532. The summed E-state index contributed by atoms with van der Waals surface area (Å²) in [5.74, 6) is 0.481. The maximum Gasteiger partial charge on any atom is 0.290 e. The van der Waals surface area contributed by atoms with E-state index in [9.17, 15) is 9.59 Å². The lowest BCUT2D eigenvalue weighted by Gasteiger charge is -2.33. The number of hydrogen-bond acceptors (Lipinski definition) is 5. The second-order valence-electron chi connectivity index (χ2n) is 6.27. The molecule has 1 amide bonds. The molecule has 2 aromatic heterocycles. The zero-order valence-corrected chi connectivity index (χ0v) is 14.1. The summed E-state index contributed by atoms with van der Waals surface area (Å²) in [5, 5.41) is 3.08. The lowest BCUT2D eigenvalue weighted by molar-refractivity contribution is -0.121. The van der Waals surface area contributed by atoms with Gasteiger partial charge < -0.3 is 15.2 Å². The summed E-state index contributed by atoms with van der Waals surface area (Å²) in [6.45, 7) is 1.40. The van der Waals surface area contributed by atoms with Crippen LogP contribution < -0.4 is 15.8 Å². The van der Waals surface area contributed by atoms with Gasteiger partial charge in [-0.3, -0.25) is 14.6 Å². The van der Waals surface area contributed by atoms with E-state index in [1.807, 2.05) is 23.1 Å². The van der Waals surface area contributed by atoms with Gasteiger partial charge >= 0.3 is 0 Å². The van der Waals surface area contributed by atoms with E-state index in [4.69, 9.17) is 0 Å². The molecule has 1 atom stereocenters. The van der Waals surface area contributed by atoms with Crippen LogP contribution in [0, 0.1) is 0 Å². The molecule has 2 aromatic rings. The first-order valence-electron chi connectivity index (χ1n) is 8.70. The Labute approximate surface area is 146 Å². The van der Waals surface area contributed by atoms with Crippen molar-refractivity contribution in [3.63, 3.8) is 0 Å². The summed E-state index contributed by atoms with van der Waals surface area (Å²) < 4.78 is 0. The Morgan fingerprint density at radius 3 is 3.04 bits per heavy atom. The topological polar surface area (TPSA) is 91.0 Å². The maximum atomic E-state index is 12.2. The molecule has 1 saturated heterocycles. The van der Waals surface area contributed by atoms with Crippen molar-refractivity contribution in [2.45, 2.75) is 38.1 Å². The Kier molecular flexibility index (Phi) is 5.77. The van der Waals surface area contributed by atoms with Crippen molar-refractivity contribution in [2.24, 2.45) is 0 Å². The van der Waals surface area contributed by atoms with E-state index < -0.39 is 0 Å². The fourth-order valence-electron chi connectivity index (χ4n) is 3.13. The quantitative estimate of drug-likeness (QED) is 0.826. The molecule has 2 N–H and O–H groups in total. The number of aromatic nitrogens is 3. The van der Waals surface area contributed by atoms with E-state index in [0.29, 0.717) is 18.8 Å². The van der Waals surface area contributed by atoms with Crippen LogP contribution in [0.4, 0.5) is 5.82 Å². The number of carbonyl (C=O) groups is 1. The number of nitrogens with one attached hydrogen (secondary N) is 2. The van der Waals surface area contributed by atoms with Gasteiger partial charge in [0, 0.05) is 49.8 Å². The van der Waals surface area contributed by atoms with Gasteiger partial charge in [-0.25, -0.2) is 4.98 Å². The van der Waals surface area contributed by atoms with Gasteiger partial charge in [-0.05, 0) is 37.8 Å². The molecule has 7 heteroatoms. The second-order valence-corrected chi connectivity index (χ2v) is 6.27. The minimum atomic E-state index is -0.190. The number of piperidine rings is 1. The van der Waals surface area contributed by atoms with E-state index in [0.717, 1.165) is 37.9 Å². The van der Waals surface area contributed by atoms with Crippen LogP contribution in [0.25, 0.3) is 0 Å². The number of hydrogen-bond donors (Lipinski definition) is 2. The van der Waals surface area contributed by atoms with Gasteiger partial charge in [-0.1, -0.05) is 6.07 Å². The van der Waals surface area contributed by atoms with Crippen molar-refractivity contribution < 1.29 is 4.79 Å². The van der Waals surface area contributed by atoms with Crippen molar-refractivity contribution in [2.75, 3.05) is 18.0 Å². The number of amides is 1. The summed E-state index contributed by atoms with van der Waals surface area (Å²) in [6, 6.07) is 5.87. The number of anilines is 1. The Hall–Kier alpha value is -2.70. The van der Waals surface area contributed by atoms with Gasteiger partial charge in [0.1, 0.15) is 0 Å². The number of aromatic amines is 1. The summed E-state index contributed by atoms with van der Waals surface area (Å²) >= 11 is 0. The van der Waals surface area contributed by atoms with Crippen LogP contribution >= 0.6 is 0 Å². The number of carbonyl (C=O) groups excluding carboxylic acids is 1. The van der Waals surface area contributed by atoms with E-state index in [-0.39, 0.29) is 17.5 Å². The zero-order valence-electron chi connectivity index (χ0n) is 14.1. The normalized spacial score (nSPS) is 17.3. The molecule has 7 nitrogen and oxygen atoms in total. The van der Waals surface area contributed by atoms with Crippen molar-refractivity contribution >= 4 is 11.7 Å². The van der Waals surface area contributed by atoms with E-state index in [2.05, 4.69) is 20.3 Å². The van der Waals surface area contributed by atoms with Crippen LogP contribution in [0.2, 0.25) is 0 Å². The zero-order chi connectivity index (χ0) is 17.5. The Morgan fingerprint density at radius 2 is 2.24 bits per heavy atom. The highest BCUT2D eigenvalue weighted by Gasteiger charge is 2.23. The highest BCUT2D eigenvalue weighted by atomic mass is 16.1. The largest absolute Gasteiger partial charge is 0.352 e. The molecule has 0 aromatic carbocycles. The molecule has 1 fully saturated rings. The van der Waals surface area contributed by atoms with Crippen LogP contribution in [-0.2, 0) is 11.2 Å². The van der Waals surface area contributed by atoms with Gasteiger partial charge in [0.2, 0.25) is 5.91 Å². The third kappa shape index (κ3) is 4.89. The maximum absolute atomic E-state index is 12.2. The number of aryl methyl sites for hydroxylation is 1. The summed E-state index contributed by atoms with van der Waals surface area (Å²) in [4.78, 5) is 37.1. The first kappa shape index (κ1) is 17.1. The predicted octanol–water partition coefficient (Wildman–Crippen LogP) is 1.27. The fraction of sp³-hybridized carbons (Fsp3) is 0.444.